The molecule has 0 aliphatic carbocycles. The van der Waals surface area contributed by atoms with Crippen LogP contribution in [0.5, 0.6) is 0 Å². The van der Waals surface area contributed by atoms with Gasteiger partial charge in [0.1, 0.15) is 6.23 Å². The van der Waals surface area contributed by atoms with Gasteiger partial charge in [0.2, 0.25) is 0 Å². The zero-order valence-corrected chi connectivity index (χ0v) is 15.7. The molecule has 2 unspecified atom stereocenters. The summed E-state index contributed by atoms with van der Waals surface area (Å²) < 4.78 is 8.09. The number of benzene rings is 2. The first kappa shape index (κ1) is 18.2. The molecule has 2 aromatic carbocycles. The third kappa shape index (κ3) is 4.72. The number of ether oxygens (including phenoxy) is 1. The van der Waals surface area contributed by atoms with Crippen LogP contribution in [0.3, 0.4) is 0 Å². The van der Waals surface area contributed by atoms with Crippen molar-refractivity contribution in [1.82, 2.24) is 4.31 Å². The van der Waals surface area contributed by atoms with Gasteiger partial charge < -0.3 is 4.74 Å². The zero-order chi connectivity index (χ0) is 17.6. The van der Waals surface area contributed by atoms with Crippen molar-refractivity contribution in [2.45, 2.75) is 49.8 Å². The van der Waals surface area contributed by atoms with Crippen molar-refractivity contribution in [1.29, 1.82) is 0 Å². The molecule has 0 N–H and O–H groups in total. The number of hydrogen-bond acceptors (Lipinski definition) is 4. The molecule has 2 atom stereocenters. The first-order valence-corrected chi connectivity index (χ1v) is 9.59. The lowest BCUT2D eigenvalue weighted by atomic mass is 10.1. The van der Waals surface area contributed by atoms with E-state index in [1.807, 2.05) is 6.08 Å². The van der Waals surface area contributed by atoms with Gasteiger partial charge in [-0.25, -0.2) is 4.31 Å². The van der Waals surface area contributed by atoms with Crippen LogP contribution in [0.1, 0.15) is 32.6 Å². The van der Waals surface area contributed by atoms with Crippen molar-refractivity contribution in [2.24, 2.45) is 0 Å². The van der Waals surface area contributed by atoms with E-state index in [0.717, 1.165) is 25.7 Å². The predicted molar refractivity (Wildman–Crippen MR) is 105 cm³/mol. The second-order valence-electron chi connectivity index (χ2n) is 6.47. The summed E-state index contributed by atoms with van der Waals surface area (Å²) in [6.45, 7) is 1.59. The smallest absolute Gasteiger partial charge is 0.152 e. The lowest BCUT2D eigenvalue weighted by Gasteiger charge is -2.27. The molecule has 0 radical (unpaired) electrons. The van der Waals surface area contributed by atoms with E-state index in [4.69, 9.17) is 4.74 Å². The van der Waals surface area contributed by atoms with Crippen LogP contribution in [0.2, 0.25) is 0 Å². The highest BCUT2D eigenvalue weighted by Gasteiger charge is 2.33. The Morgan fingerprint density at radius 3 is 2.80 bits per heavy atom. The molecule has 0 amide bonds. The molecule has 1 aliphatic heterocycles. The van der Waals surface area contributed by atoms with Crippen LogP contribution >= 0.6 is 11.9 Å². The first-order valence-electron chi connectivity index (χ1n) is 8.82. The van der Waals surface area contributed by atoms with Crippen LogP contribution in [0.25, 0.3) is 10.8 Å². The molecule has 1 saturated heterocycles. The van der Waals surface area contributed by atoms with Gasteiger partial charge in [-0.15, -0.1) is 0 Å². The number of allylic oxidation sites excluding steroid dienone is 2. The maximum atomic E-state index is 11.0. The molecule has 1 heterocycles. The molecular weight excluding hydrogens is 330 g/mol. The van der Waals surface area contributed by atoms with Crippen molar-refractivity contribution in [3.63, 3.8) is 0 Å². The largest absolute Gasteiger partial charge is 0.366 e. The van der Waals surface area contributed by atoms with Gasteiger partial charge in [0.05, 0.1) is 0 Å². The molecule has 1 fully saturated rings. The number of ketones is 1. The number of carbonyl (C=O) groups is 1. The van der Waals surface area contributed by atoms with Crippen LogP contribution in [0, 0.1) is 0 Å². The maximum Gasteiger partial charge on any atom is 0.152 e. The lowest BCUT2D eigenvalue weighted by molar-refractivity contribution is -0.112. The zero-order valence-electron chi connectivity index (χ0n) is 14.9. The second-order valence-corrected chi connectivity index (χ2v) is 7.55. The number of nitrogens with zero attached hydrogens (tertiary/aromatic N) is 1. The Bertz CT molecular complexity index is 758. The van der Waals surface area contributed by atoms with E-state index >= 15 is 0 Å². The van der Waals surface area contributed by atoms with Gasteiger partial charge in [-0.2, -0.15) is 0 Å². The Hall–Kier alpha value is -1.62. The van der Waals surface area contributed by atoms with Crippen molar-refractivity contribution in [3.8, 4) is 0 Å². The highest BCUT2D eigenvalue weighted by atomic mass is 32.2. The van der Waals surface area contributed by atoms with E-state index in [0.29, 0.717) is 6.04 Å². The molecule has 132 valence electrons. The van der Waals surface area contributed by atoms with E-state index in [-0.39, 0.29) is 12.0 Å². The van der Waals surface area contributed by atoms with Gasteiger partial charge in [0.15, 0.2) is 5.78 Å². The quantitative estimate of drug-likeness (QED) is 0.504. The Kier molecular flexibility index (Phi) is 6.29. The molecule has 25 heavy (non-hydrogen) atoms. The topological polar surface area (TPSA) is 29.5 Å². The summed E-state index contributed by atoms with van der Waals surface area (Å²) in [5, 5.41) is 2.53. The monoisotopic (exact) mass is 355 g/mol. The summed E-state index contributed by atoms with van der Waals surface area (Å²) in [6.07, 6.45) is 7.97. The summed E-state index contributed by atoms with van der Waals surface area (Å²) in [5.74, 6) is 0.114. The van der Waals surface area contributed by atoms with Gasteiger partial charge in [-0.3, -0.25) is 4.79 Å². The molecule has 0 saturated carbocycles. The third-order valence-corrected chi connectivity index (χ3v) is 5.82. The number of carbonyl (C=O) groups excluding carboxylic acids is 1. The number of hydrogen-bond donors (Lipinski definition) is 0. The van der Waals surface area contributed by atoms with Crippen LogP contribution in [-0.2, 0) is 9.53 Å². The number of rotatable bonds is 7. The van der Waals surface area contributed by atoms with Gasteiger partial charge in [0.25, 0.3) is 0 Å². The van der Waals surface area contributed by atoms with Gasteiger partial charge in [0, 0.05) is 18.0 Å². The summed E-state index contributed by atoms with van der Waals surface area (Å²) in [7, 11) is 1.79. The van der Waals surface area contributed by atoms with Crippen LogP contribution < -0.4 is 0 Å². The Balaban J connectivity index is 1.70. The normalized spacial score (nSPS) is 21.4. The van der Waals surface area contributed by atoms with Crippen LogP contribution in [0.4, 0.5) is 0 Å². The van der Waals surface area contributed by atoms with Crippen LogP contribution in [0.15, 0.2) is 59.5 Å². The fourth-order valence-electron chi connectivity index (χ4n) is 3.34. The van der Waals surface area contributed by atoms with E-state index in [2.05, 4.69) is 46.8 Å². The summed E-state index contributed by atoms with van der Waals surface area (Å²) in [5.41, 5.74) is 0. The van der Waals surface area contributed by atoms with Crippen molar-refractivity contribution >= 4 is 28.5 Å². The molecule has 3 nitrogen and oxygen atoms in total. The molecule has 4 heteroatoms. The predicted octanol–water partition coefficient (Wildman–Crippen LogP) is 5.21. The Labute approximate surface area is 154 Å². The molecule has 0 aromatic heterocycles. The average molecular weight is 356 g/mol. The van der Waals surface area contributed by atoms with Gasteiger partial charge in [-0.05, 0) is 73.5 Å². The standard InChI is InChI=1S/C21H25NO2S/c1-16(23)7-3-6-10-19-12-14-21(24-2)22(19)25-20-13-11-17-8-4-5-9-18(17)15-20/h3-5,7-9,11,13,15,19,21H,6,10,12,14H2,1-2H3/b7-3+. The van der Waals surface area contributed by atoms with Gasteiger partial charge in [-0.1, -0.05) is 36.4 Å². The lowest BCUT2D eigenvalue weighted by Crippen LogP contribution is -2.31. The first-order chi connectivity index (χ1) is 12.2. The van der Waals surface area contributed by atoms with E-state index in [9.17, 15) is 4.79 Å². The minimum Gasteiger partial charge on any atom is -0.366 e. The van der Waals surface area contributed by atoms with E-state index in [1.54, 1.807) is 32.1 Å². The summed E-state index contributed by atoms with van der Waals surface area (Å²) in [6, 6.07) is 15.5. The van der Waals surface area contributed by atoms with Gasteiger partial charge >= 0.3 is 0 Å². The molecular formula is C21H25NO2S. The molecule has 3 rings (SSSR count). The van der Waals surface area contributed by atoms with Crippen molar-refractivity contribution in [2.75, 3.05) is 7.11 Å². The van der Waals surface area contributed by atoms with E-state index < -0.39 is 0 Å². The summed E-state index contributed by atoms with van der Waals surface area (Å²) in [4.78, 5) is 12.3. The molecule has 0 bridgehead atoms. The maximum absolute atomic E-state index is 11.0. The third-order valence-electron chi connectivity index (χ3n) is 4.61. The Morgan fingerprint density at radius 1 is 1.24 bits per heavy atom. The number of methoxy groups -OCH3 is 1. The molecule has 1 aliphatic rings. The van der Waals surface area contributed by atoms with Crippen LogP contribution in [-0.4, -0.2) is 29.5 Å². The highest BCUT2D eigenvalue weighted by Crippen LogP contribution is 2.38. The molecule has 0 spiro atoms. The van der Waals surface area contributed by atoms with E-state index in [1.165, 1.54) is 15.7 Å². The minimum absolute atomic E-state index is 0.114. The SMILES string of the molecule is COC1CCC(CC/C=C/C(C)=O)N1Sc1ccc2ccccc2c1. The fourth-order valence-corrected chi connectivity index (χ4v) is 4.56. The minimum atomic E-state index is 0.114. The van der Waals surface area contributed by atoms with Crippen molar-refractivity contribution in [3.05, 3.63) is 54.6 Å². The average Bonchev–Trinajstić information content (AvgIpc) is 3.00. The second kappa shape index (κ2) is 8.65. The van der Waals surface area contributed by atoms with Crippen molar-refractivity contribution < 1.29 is 9.53 Å². The highest BCUT2D eigenvalue weighted by molar-refractivity contribution is 7.97. The fraction of sp³-hybridized carbons (Fsp3) is 0.381. The molecule has 2 aromatic rings. The summed E-state index contributed by atoms with van der Waals surface area (Å²) >= 11 is 1.79. The Morgan fingerprint density at radius 2 is 2.04 bits per heavy atom. The number of fused-ring (bicyclic) bond motifs is 1.